The largest absolute Gasteiger partial charge is 0.368 e. The van der Waals surface area contributed by atoms with Gasteiger partial charge in [-0.25, -0.2) is 0 Å². The van der Waals surface area contributed by atoms with Crippen LogP contribution in [0.15, 0.2) is 53.4 Å². The van der Waals surface area contributed by atoms with Crippen molar-refractivity contribution in [2.24, 2.45) is 0 Å². The van der Waals surface area contributed by atoms with Crippen LogP contribution in [0, 0.1) is 0 Å². The number of hydrogen-bond acceptors (Lipinski definition) is 4. The number of anilines is 1. The Hall–Kier alpha value is -1.98. The standard InChI is InChI=1S/C20H21ClN2O2S/c1-15(24)16-2-6-18(7-3-16)22-10-12-23(13-11-22)20(25)14-26-19-8-4-17(21)5-9-19/h2-9H,10-14H2,1H3. The van der Waals surface area contributed by atoms with Crippen LogP contribution >= 0.6 is 23.4 Å². The summed E-state index contributed by atoms with van der Waals surface area (Å²) in [7, 11) is 0. The molecule has 0 aliphatic carbocycles. The lowest BCUT2D eigenvalue weighted by molar-refractivity contribution is -0.128. The third kappa shape index (κ3) is 4.80. The van der Waals surface area contributed by atoms with Gasteiger partial charge in [0.25, 0.3) is 0 Å². The Morgan fingerprint density at radius 2 is 1.58 bits per heavy atom. The zero-order chi connectivity index (χ0) is 18.5. The lowest BCUT2D eigenvalue weighted by atomic mass is 10.1. The maximum Gasteiger partial charge on any atom is 0.233 e. The number of halogens is 1. The Morgan fingerprint density at radius 3 is 2.15 bits per heavy atom. The highest BCUT2D eigenvalue weighted by atomic mass is 35.5. The predicted molar refractivity (Wildman–Crippen MR) is 107 cm³/mol. The third-order valence-electron chi connectivity index (χ3n) is 4.45. The van der Waals surface area contributed by atoms with Crippen LogP contribution < -0.4 is 4.90 Å². The monoisotopic (exact) mass is 388 g/mol. The van der Waals surface area contributed by atoms with E-state index >= 15 is 0 Å². The first-order valence-corrected chi connectivity index (χ1v) is 9.91. The van der Waals surface area contributed by atoms with Crippen LogP contribution in [0.2, 0.25) is 5.02 Å². The fraction of sp³-hybridized carbons (Fsp3) is 0.300. The van der Waals surface area contributed by atoms with E-state index in [2.05, 4.69) is 4.90 Å². The molecule has 6 heteroatoms. The Bertz CT molecular complexity index is 769. The van der Waals surface area contributed by atoms with Gasteiger partial charge in [-0.3, -0.25) is 9.59 Å². The van der Waals surface area contributed by atoms with Crippen LogP contribution in [0.1, 0.15) is 17.3 Å². The van der Waals surface area contributed by atoms with Gasteiger partial charge in [0.15, 0.2) is 5.78 Å². The summed E-state index contributed by atoms with van der Waals surface area (Å²) in [5, 5.41) is 0.702. The van der Waals surface area contributed by atoms with Crippen molar-refractivity contribution >= 4 is 40.7 Å². The Labute approximate surface area is 163 Å². The van der Waals surface area contributed by atoms with Gasteiger partial charge >= 0.3 is 0 Å². The predicted octanol–water partition coefficient (Wildman–Crippen LogP) is 3.98. The van der Waals surface area contributed by atoms with Crippen LogP contribution in [0.3, 0.4) is 0 Å². The van der Waals surface area contributed by atoms with Gasteiger partial charge in [-0.2, -0.15) is 0 Å². The van der Waals surface area contributed by atoms with Gasteiger partial charge < -0.3 is 9.80 Å². The van der Waals surface area contributed by atoms with Crippen LogP contribution in [0.4, 0.5) is 5.69 Å². The van der Waals surface area contributed by atoms with Crippen molar-refractivity contribution in [1.82, 2.24) is 4.90 Å². The molecule has 1 fully saturated rings. The second-order valence-electron chi connectivity index (χ2n) is 6.21. The number of nitrogens with zero attached hydrogens (tertiary/aromatic N) is 2. The number of benzene rings is 2. The Balaban J connectivity index is 1.48. The second-order valence-corrected chi connectivity index (χ2v) is 7.70. The average Bonchev–Trinajstić information content (AvgIpc) is 2.67. The van der Waals surface area contributed by atoms with Crippen LogP contribution in [0.5, 0.6) is 0 Å². The summed E-state index contributed by atoms with van der Waals surface area (Å²) in [5.41, 5.74) is 1.82. The summed E-state index contributed by atoms with van der Waals surface area (Å²) in [6.45, 7) is 4.61. The number of carbonyl (C=O) groups excluding carboxylic acids is 2. The van der Waals surface area contributed by atoms with E-state index in [1.54, 1.807) is 6.92 Å². The van der Waals surface area contributed by atoms with Crippen molar-refractivity contribution in [1.29, 1.82) is 0 Å². The molecule has 1 amide bonds. The lowest BCUT2D eigenvalue weighted by Gasteiger charge is -2.36. The molecule has 0 aromatic heterocycles. The smallest absolute Gasteiger partial charge is 0.233 e. The molecule has 3 rings (SSSR count). The first kappa shape index (κ1) is 18.8. The molecule has 1 aliphatic rings. The number of thioether (sulfide) groups is 1. The molecule has 2 aromatic carbocycles. The summed E-state index contributed by atoms with van der Waals surface area (Å²) in [5.74, 6) is 0.677. The minimum atomic E-state index is 0.0742. The van der Waals surface area contributed by atoms with Gasteiger partial charge in [0.1, 0.15) is 0 Å². The molecule has 4 nitrogen and oxygen atoms in total. The van der Waals surface area contributed by atoms with Crippen molar-refractivity contribution in [3.63, 3.8) is 0 Å². The fourth-order valence-electron chi connectivity index (χ4n) is 2.89. The van der Waals surface area contributed by atoms with Crippen molar-refractivity contribution in [2.75, 3.05) is 36.8 Å². The van der Waals surface area contributed by atoms with E-state index in [-0.39, 0.29) is 11.7 Å². The van der Waals surface area contributed by atoms with Gasteiger partial charge in [-0.05, 0) is 55.5 Å². The zero-order valence-corrected chi connectivity index (χ0v) is 16.2. The highest BCUT2D eigenvalue weighted by molar-refractivity contribution is 8.00. The number of amides is 1. The Kier molecular flexibility index (Phi) is 6.22. The quantitative estimate of drug-likeness (QED) is 0.573. The molecule has 1 aliphatic heterocycles. The van der Waals surface area contributed by atoms with Gasteiger partial charge in [0.2, 0.25) is 5.91 Å². The first-order chi connectivity index (χ1) is 12.5. The van der Waals surface area contributed by atoms with E-state index in [4.69, 9.17) is 11.6 Å². The maximum atomic E-state index is 12.4. The number of hydrogen-bond donors (Lipinski definition) is 0. The molecule has 1 saturated heterocycles. The van der Waals surface area contributed by atoms with Crippen molar-refractivity contribution in [3.05, 3.63) is 59.1 Å². The molecule has 0 unspecified atom stereocenters. The number of ketones is 1. The van der Waals surface area contributed by atoms with Crippen molar-refractivity contribution in [3.8, 4) is 0 Å². The van der Waals surface area contributed by atoms with E-state index < -0.39 is 0 Å². The van der Waals surface area contributed by atoms with E-state index in [1.165, 1.54) is 11.8 Å². The summed E-state index contributed by atoms with van der Waals surface area (Å²) < 4.78 is 0. The topological polar surface area (TPSA) is 40.6 Å². The highest BCUT2D eigenvalue weighted by Gasteiger charge is 2.21. The molecule has 0 N–H and O–H groups in total. The van der Waals surface area contributed by atoms with E-state index in [1.807, 2.05) is 53.4 Å². The summed E-state index contributed by atoms with van der Waals surface area (Å²) in [6, 6.07) is 15.2. The van der Waals surface area contributed by atoms with Gasteiger partial charge in [-0.15, -0.1) is 11.8 Å². The SMILES string of the molecule is CC(=O)c1ccc(N2CCN(C(=O)CSc3ccc(Cl)cc3)CC2)cc1. The van der Waals surface area contributed by atoms with E-state index in [0.717, 1.165) is 29.2 Å². The maximum absolute atomic E-state index is 12.4. The van der Waals surface area contributed by atoms with Crippen LogP contribution in [-0.2, 0) is 4.79 Å². The minimum absolute atomic E-state index is 0.0742. The summed E-state index contributed by atoms with van der Waals surface area (Å²) in [4.78, 5) is 29.0. The number of piperazine rings is 1. The fourth-order valence-corrected chi connectivity index (χ4v) is 3.82. The molecule has 136 valence electrons. The highest BCUT2D eigenvalue weighted by Crippen LogP contribution is 2.22. The van der Waals surface area contributed by atoms with Crippen molar-refractivity contribution < 1.29 is 9.59 Å². The van der Waals surface area contributed by atoms with E-state index in [9.17, 15) is 9.59 Å². The van der Waals surface area contributed by atoms with Crippen molar-refractivity contribution in [2.45, 2.75) is 11.8 Å². The first-order valence-electron chi connectivity index (χ1n) is 8.55. The van der Waals surface area contributed by atoms with Gasteiger partial charge in [-0.1, -0.05) is 11.6 Å². The number of Topliss-reactive ketones (excluding diaryl/α,β-unsaturated/α-hetero) is 1. The summed E-state index contributed by atoms with van der Waals surface area (Å²) in [6.07, 6.45) is 0. The second kappa shape index (κ2) is 8.60. The number of rotatable bonds is 5. The third-order valence-corrected chi connectivity index (χ3v) is 5.70. The number of carbonyl (C=O) groups is 2. The van der Waals surface area contributed by atoms with Gasteiger partial charge in [0, 0.05) is 47.3 Å². The molecule has 0 spiro atoms. The van der Waals surface area contributed by atoms with E-state index in [0.29, 0.717) is 23.9 Å². The molecule has 0 radical (unpaired) electrons. The Morgan fingerprint density at radius 1 is 0.962 bits per heavy atom. The molecular weight excluding hydrogens is 368 g/mol. The molecule has 0 bridgehead atoms. The lowest BCUT2D eigenvalue weighted by Crippen LogP contribution is -2.49. The average molecular weight is 389 g/mol. The van der Waals surface area contributed by atoms with Crippen LogP contribution in [-0.4, -0.2) is 48.5 Å². The van der Waals surface area contributed by atoms with Crippen LogP contribution in [0.25, 0.3) is 0 Å². The molecule has 26 heavy (non-hydrogen) atoms. The molecule has 0 saturated carbocycles. The summed E-state index contributed by atoms with van der Waals surface area (Å²) >= 11 is 7.42. The minimum Gasteiger partial charge on any atom is -0.368 e. The molecule has 1 heterocycles. The van der Waals surface area contributed by atoms with Gasteiger partial charge in [0.05, 0.1) is 5.75 Å². The zero-order valence-electron chi connectivity index (χ0n) is 14.7. The molecule has 0 atom stereocenters. The molecule has 2 aromatic rings. The molecular formula is C20H21ClN2O2S. The normalized spacial score (nSPS) is 14.4.